The molecule has 4 heteroatoms. The van der Waals surface area contributed by atoms with Gasteiger partial charge in [0.1, 0.15) is 0 Å². The third kappa shape index (κ3) is 3.62. The smallest absolute Gasteiger partial charge is 0.0594 e. The van der Waals surface area contributed by atoms with Crippen LogP contribution in [0.2, 0.25) is 0 Å². The van der Waals surface area contributed by atoms with E-state index >= 15 is 0 Å². The van der Waals surface area contributed by atoms with Gasteiger partial charge in [0, 0.05) is 37.2 Å². The van der Waals surface area contributed by atoms with Gasteiger partial charge in [-0.1, -0.05) is 12.1 Å². The minimum atomic E-state index is 0.829. The predicted molar refractivity (Wildman–Crippen MR) is 80.7 cm³/mol. The number of aromatic nitrogens is 1. The summed E-state index contributed by atoms with van der Waals surface area (Å²) in [6.45, 7) is 5.63. The summed E-state index contributed by atoms with van der Waals surface area (Å²) in [5.41, 5.74) is 3.71. The lowest BCUT2D eigenvalue weighted by atomic mass is 10.2. The molecule has 106 valence electrons. The molecule has 0 atom stereocenters. The molecule has 0 unspecified atom stereocenters. The summed E-state index contributed by atoms with van der Waals surface area (Å²) in [7, 11) is 0. The van der Waals surface area contributed by atoms with Crippen LogP contribution in [-0.2, 0) is 17.8 Å². The molecule has 0 radical (unpaired) electrons. The fourth-order valence-electron chi connectivity index (χ4n) is 2.42. The molecule has 2 N–H and O–H groups in total. The Morgan fingerprint density at radius 2 is 1.90 bits per heavy atom. The number of nitrogens with zero attached hydrogens (tertiary/aromatic N) is 1. The van der Waals surface area contributed by atoms with Crippen LogP contribution in [0.3, 0.4) is 0 Å². The number of hydrogen-bond donors (Lipinski definition) is 2. The first kappa shape index (κ1) is 13.2. The number of hydrogen-bond acceptors (Lipinski definition) is 3. The Morgan fingerprint density at radius 1 is 1.10 bits per heavy atom. The van der Waals surface area contributed by atoms with Gasteiger partial charge in [0.05, 0.1) is 19.8 Å². The van der Waals surface area contributed by atoms with Gasteiger partial charge in [-0.15, -0.1) is 0 Å². The van der Waals surface area contributed by atoms with Crippen LogP contribution in [0.4, 0.5) is 5.69 Å². The maximum absolute atomic E-state index is 5.37. The Kier molecular flexibility index (Phi) is 4.35. The molecule has 1 aromatic carbocycles. The lowest BCUT2D eigenvalue weighted by molar-refractivity contribution is 0.0342. The van der Waals surface area contributed by atoms with Crippen LogP contribution >= 0.6 is 0 Å². The first-order chi connectivity index (χ1) is 9.90. The summed E-state index contributed by atoms with van der Waals surface area (Å²) in [6, 6.07) is 12.8. The summed E-state index contributed by atoms with van der Waals surface area (Å²) in [4.78, 5) is 5.63. The average molecular weight is 271 g/mol. The molecule has 20 heavy (non-hydrogen) atoms. The van der Waals surface area contributed by atoms with Crippen LogP contribution in [0.5, 0.6) is 0 Å². The molecule has 0 amide bonds. The molecular formula is C16H21N3O. The highest BCUT2D eigenvalue weighted by Crippen LogP contribution is 2.13. The van der Waals surface area contributed by atoms with Gasteiger partial charge in [-0.05, 0) is 29.8 Å². The van der Waals surface area contributed by atoms with Crippen molar-refractivity contribution >= 4 is 5.69 Å². The number of morpholine rings is 1. The number of benzene rings is 1. The molecule has 0 aliphatic carbocycles. The molecule has 1 aliphatic rings. The fourth-order valence-corrected chi connectivity index (χ4v) is 2.42. The average Bonchev–Trinajstić information content (AvgIpc) is 3.01. The number of nitrogens with one attached hydrogen (secondary N) is 2. The van der Waals surface area contributed by atoms with Gasteiger partial charge in [0.25, 0.3) is 0 Å². The van der Waals surface area contributed by atoms with Crippen molar-refractivity contribution in [3.05, 3.63) is 53.9 Å². The van der Waals surface area contributed by atoms with Crippen molar-refractivity contribution in [3.8, 4) is 0 Å². The van der Waals surface area contributed by atoms with Crippen molar-refractivity contribution in [2.24, 2.45) is 0 Å². The second-order valence-corrected chi connectivity index (χ2v) is 5.13. The van der Waals surface area contributed by atoms with Crippen molar-refractivity contribution in [3.63, 3.8) is 0 Å². The van der Waals surface area contributed by atoms with Gasteiger partial charge in [0.15, 0.2) is 0 Å². The summed E-state index contributed by atoms with van der Waals surface area (Å²) >= 11 is 0. The third-order valence-electron chi connectivity index (χ3n) is 3.61. The molecular weight excluding hydrogens is 250 g/mol. The minimum Gasteiger partial charge on any atom is -0.379 e. The maximum atomic E-state index is 5.37. The van der Waals surface area contributed by atoms with Crippen LogP contribution in [0.15, 0.2) is 42.6 Å². The van der Waals surface area contributed by atoms with Crippen LogP contribution in [-0.4, -0.2) is 36.2 Å². The summed E-state index contributed by atoms with van der Waals surface area (Å²) in [5.74, 6) is 0. The third-order valence-corrected chi connectivity index (χ3v) is 3.61. The lowest BCUT2D eigenvalue weighted by Crippen LogP contribution is -2.35. The number of aromatic amines is 1. The Balaban J connectivity index is 1.51. The summed E-state index contributed by atoms with van der Waals surface area (Å²) in [6.07, 6.45) is 1.95. The minimum absolute atomic E-state index is 0.829. The summed E-state index contributed by atoms with van der Waals surface area (Å²) < 4.78 is 5.37. The van der Waals surface area contributed by atoms with Gasteiger partial charge in [-0.3, -0.25) is 4.90 Å². The highest BCUT2D eigenvalue weighted by molar-refractivity contribution is 5.44. The van der Waals surface area contributed by atoms with Crippen LogP contribution in [0.25, 0.3) is 0 Å². The van der Waals surface area contributed by atoms with Crippen LogP contribution in [0, 0.1) is 0 Å². The van der Waals surface area contributed by atoms with E-state index in [4.69, 9.17) is 4.74 Å². The molecule has 0 bridgehead atoms. The SMILES string of the molecule is c1c[nH]c(CNc2ccc(CN3CCOCC3)cc2)c1. The number of ether oxygens (including phenoxy) is 1. The maximum Gasteiger partial charge on any atom is 0.0594 e. The highest BCUT2D eigenvalue weighted by atomic mass is 16.5. The van der Waals surface area contributed by atoms with Crippen molar-refractivity contribution in [1.82, 2.24) is 9.88 Å². The van der Waals surface area contributed by atoms with E-state index in [1.165, 1.54) is 11.3 Å². The molecule has 4 nitrogen and oxygen atoms in total. The summed E-state index contributed by atoms with van der Waals surface area (Å²) in [5, 5.41) is 3.41. The second-order valence-electron chi connectivity index (χ2n) is 5.13. The first-order valence-electron chi connectivity index (χ1n) is 7.15. The fraction of sp³-hybridized carbons (Fsp3) is 0.375. The van der Waals surface area contributed by atoms with Crippen molar-refractivity contribution in [1.29, 1.82) is 0 Å². The predicted octanol–water partition coefficient (Wildman–Crippen LogP) is 2.46. The normalized spacial score (nSPS) is 16.2. The Bertz CT molecular complexity index is 501. The van der Waals surface area contributed by atoms with E-state index in [1.807, 2.05) is 12.3 Å². The zero-order valence-electron chi connectivity index (χ0n) is 11.6. The molecule has 0 spiro atoms. The number of H-pyrrole nitrogens is 1. The zero-order chi connectivity index (χ0) is 13.6. The molecule has 0 saturated carbocycles. The monoisotopic (exact) mass is 271 g/mol. The lowest BCUT2D eigenvalue weighted by Gasteiger charge is -2.26. The molecule has 1 saturated heterocycles. The molecule has 2 heterocycles. The Morgan fingerprint density at radius 3 is 2.60 bits per heavy atom. The number of anilines is 1. The van der Waals surface area contributed by atoms with E-state index in [2.05, 4.69) is 45.5 Å². The van der Waals surface area contributed by atoms with Gasteiger partial charge in [0.2, 0.25) is 0 Å². The van der Waals surface area contributed by atoms with Crippen LogP contribution in [0.1, 0.15) is 11.3 Å². The molecule has 1 aliphatic heterocycles. The van der Waals surface area contributed by atoms with Gasteiger partial charge >= 0.3 is 0 Å². The van der Waals surface area contributed by atoms with Gasteiger partial charge < -0.3 is 15.0 Å². The Labute approximate surface area is 119 Å². The van der Waals surface area contributed by atoms with E-state index in [0.717, 1.165) is 45.1 Å². The van der Waals surface area contributed by atoms with Crippen molar-refractivity contribution in [2.75, 3.05) is 31.6 Å². The first-order valence-corrected chi connectivity index (χ1v) is 7.15. The number of rotatable bonds is 5. The van der Waals surface area contributed by atoms with Crippen molar-refractivity contribution in [2.45, 2.75) is 13.1 Å². The van der Waals surface area contributed by atoms with E-state index in [1.54, 1.807) is 0 Å². The zero-order valence-corrected chi connectivity index (χ0v) is 11.6. The van der Waals surface area contributed by atoms with E-state index in [-0.39, 0.29) is 0 Å². The second kappa shape index (κ2) is 6.59. The van der Waals surface area contributed by atoms with Gasteiger partial charge in [-0.25, -0.2) is 0 Å². The molecule has 1 aromatic heterocycles. The van der Waals surface area contributed by atoms with E-state index in [9.17, 15) is 0 Å². The highest BCUT2D eigenvalue weighted by Gasteiger charge is 2.10. The standard InChI is InChI=1S/C16H21N3O/c1-2-16(17-7-1)12-18-15-5-3-14(4-6-15)13-19-8-10-20-11-9-19/h1-7,17-18H,8-13H2. The molecule has 1 fully saturated rings. The molecule has 2 aromatic rings. The quantitative estimate of drug-likeness (QED) is 0.877. The van der Waals surface area contributed by atoms with Crippen molar-refractivity contribution < 1.29 is 4.74 Å². The van der Waals surface area contributed by atoms with E-state index in [0.29, 0.717) is 0 Å². The van der Waals surface area contributed by atoms with Crippen LogP contribution < -0.4 is 5.32 Å². The largest absolute Gasteiger partial charge is 0.379 e. The Hall–Kier alpha value is -1.78. The van der Waals surface area contributed by atoms with Gasteiger partial charge in [-0.2, -0.15) is 0 Å². The molecule has 3 rings (SSSR count). The van der Waals surface area contributed by atoms with E-state index < -0.39 is 0 Å². The topological polar surface area (TPSA) is 40.3 Å².